The molecule has 0 aromatic rings. The van der Waals surface area contributed by atoms with Crippen LogP contribution >= 0.6 is 0 Å². The minimum atomic E-state index is -0.445. The van der Waals surface area contributed by atoms with Crippen LogP contribution in [0.25, 0.3) is 0 Å². The molecule has 0 aliphatic heterocycles. The van der Waals surface area contributed by atoms with E-state index in [0.29, 0.717) is 12.4 Å². The fourth-order valence-electron chi connectivity index (χ4n) is 0.782. The highest BCUT2D eigenvalue weighted by atomic mass is 16.5. The molecule has 0 radical (unpaired) electrons. The Balaban J connectivity index is 0. The summed E-state index contributed by atoms with van der Waals surface area (Å²) >= 11 is 0. The molecular weight excluding hydrogens is 208 g/mol. The number of unbranched alkanes of at least 4 members (excludes halogenated alkanes) is 1. The lowest BCUT2D eigenvalue weighted by Gasteiger charge is -2.10. The lowest BCUT2D eigenvalue weighted by molar-refractivity contribution is -0.117. The lowest BCUT2D eigenvalue weighted by Crippen LogP contribution is -2.19. The van der Waals surface area contributed by atoms with Gasteiger partial charge in [0.05, 0.1) is 25.4 Å². The maximum atomic E-state index is 10.2. The third kappa shape index (κ3) is 19.2. The Morgan fingerprint density at radius 1 is 1.38 bits per heavy atom. The number of carbonyl (C=O) groups is 1. The van der Waals surface area contributed by atoms with Crippen molar-refractivity contribution in [2.75, 3.05) is 13.2 Å². The van der Waals surface area contributed by atoms with Gasteiger partial charge in [-0.1, -0.05) is 13.3 Å². The Morgan fingerprint density at radius 3 is 2.19 bits per heavy atom. The molecule has 0 spiro atoms. The van der Waals surface area contributed by atoms with E-state index in [0.717, 1.165) is 19.3 Å². The SMILES string of the molecule is CC(O)COC(C)CO.CCCCC(C)=O. The Hall–Kier alpha value is -0.450. The van der Waals surface area contributed by atoms with Crippen molar-refractivity contribution in [1.29, 1.82) is 0 Å². The zero-order valence-electron chi connectivity index (χ0n) is 10.9. The fourth-order valence-corrected chi connectivity index (χ4v) is 0.782. The minimum Gasteiger partial charge on any atom is -0.394 e. The minimum absolute atomic E-state index is 0.00667. The number of ketones is 1. The monoisotopic (exact) mass is 234 g/mol. The van der Waals surface area contributed by atoms with Crippen molar-refractivity contribution < 1.29 is 19.7 Å². The normalized spacial score (nSPS) is 13.6. The fraction of sp³-hybridized carbons (Fsp3) is 0.917. The van der Waals surface area contributed by atoms with Crippen LogP contribution in [0.3, 0.4) is 0 Å². The van der Waals surface area contributed by atoms with Crippen molar-refractivity contribution in [1.82, 2.24) is 0 Å². The van der Waals surface area contributed by atoms with Gasteiger partial charge in [-0.25, -0.2) is 0 Å². The molecule has 0 fully saturated rings. The molecule has 98 valence electrons. The zero-order chi connectivity index (χ0) is 13.0. The Morgan fingerprint density at radius 2 is 1.94 bits per heavy atom. The van der Waals surface area contributed by atoms with Crippen LogP contribution in [0, 0.1) is 0 Å². The first-order valence-corrected chi connectivity index (χ1v) is 5.83. The lowest BCUT2D eigenvalue weighted by atomic mass is 10.2. The van der Waals surface area contributed by atoms with Gasteiger partial charge in [0.15, 0.2) is 0 Å². The highest BCUT2D eigenvalue weighted by Gasteiger charge is 2.00. The first-order chi connectivity index (χ1) is 7.43. The van der Waals surface area contributed by atoms with Gasteiger partial charge in [-0.15, -0.1) is 0 Å². The average molecular weight is 234 g/mol. The summed E-state index contributed by atoms with van der Waals surface area (Å²) in [6.07, 6.45) is 2.32. The molecule has 0 aromatic heterocycles. The molecule has 16 heavy (non-hydrogen) atoms. The van der Waals surface area contributed by atoms with Gasteiger partial charge in [0, 0.05) is 6.42 Å². The number of hydrogen-bond acceptors (Lipinski definition) is 4. The Kier molecular flexibility index (Phi) is 14.1. The van der Waals surface area contributed by atoms with Crippen LogP contribution in [0.2, 0.25) is 0 Å². The van der Waals surface area contributed by atoms with Crippen LogP contribution in [0.15, 0.2) is 0 Å². The quantitative estimate of drug-likeness (QED) is 0.701. The van der Waals surface area contributed by atoms with Gasteiger partial charge in [-0.2, -0.15) is 0 Å². The molecule has 0 saturated carbocycles. The van der Waals surface area contributed by atoms with E-state index < -0.39 is 6.10 Å². The van der Waals surface area contributed by atoms with Crippen LogP contribution in [0.4, 0.5) is 0 Å². The molecule has 4 heteroatoms. The summed E-state index contributed by atoms with van der Waals surface area (Å²) in [6, 6.07) is 0. The first kappa shape index (κ1) is 17.9. The number of aliphatic hydroxyl groups is 2. The molecule has 0 rings (SSSR count). The van der Waals surface area contributed by atoms with Gasteiger partial charge < -0.3 is 19.7 Å². The number of rotatable bonds is 7. The van der Waals surface area contributed by atoms with Crippen LogP contribution in [0.1, 0.15) is 47.0 Å². The number of aliphatic hydroxyl groups excluding tert-OH is 2. The average Bonchev–Trinajstić information content (AvgIpc) is 2.23. The second-order valence-corrected chi connectivity index (χ2v) is 3.98. The molecule has 2 N–H and O–H groups in total. The molecule has 0 saturated heterocycles. The maximum absolute atomic E-state index is 10.2. The second kappa shape index (κ2) is 12.6. The summed E-state index contributed by atoms with van der Waals surface area (Å²) in [7, 11) is 0. The zero-order valence-corrected chi connectivity index (χ0v) is 10.9. The summed E-state index contributed by atoms with van der Waals surface area (Å²) in [4.78, 5) is 10.2. The third-order valence-electron chi connectivity index (χ3n) is 1.76. The van der Waals surface area contributed by atoms with E-state index in [1.807, 2.05) is 0 Å². The molecule has 0 heterocycles. The number of carbonyl (C=O) groups excluding carboxylic acids is 1. The molecule has 0 bridgehead atoms. The van der Waals surface area contributed by atoms with Gasteiger partial charge in [0.1, 0.15) is 5.78 Å². The smallest absolute Gasteiger partial charge is 0.129 e. The van der Waals surface area contributed by atoms with E-state index in [9.17, 15) is 4.79 Å². The van der Waals surface area contributed by atoms with Gasteiger partial charge >= 0.3 is 0 Å². The highest BCUT2D eigenvalue weighted by molar-refractivity contribution is 5.75. The topological polar surface area (TPSA) is 66.8 Å². The summed E-state index contributed by atoms with van der Waals surface area (Å²) in [5, 5.41) is 17.1. The van der Waals surface area contributed by atoms with E-state index in [1.54, 1.807) is 20.8 Å². The molecule has 0 aliphatic carbocycles. The largest absolute Gasteiger partial charge is 0.394 e. The van der Waals surface area contributed by atoms with Gasteiger partial charge in [0.2, 0.25) is 0 Å². The van der Waals surface area contributed by atoms with Crippen LogP contribution in [0.5, 0.6) is 0 Å². The van der Waals surface area contributed by atoms with Gasteiger partial charge in [-0.3, -0.25) is 0 Å². The predicted molar refractivity (Wildman–Crippen MR) is 64.4 cm³/mol. The Bertz CT molecular complexity index is 157. The Labute approximate surface area is 98.6 Å². The van der Waals surface area contributed by atoms with E-state index in [4.69, 9.17) is 14.9 Å². The second-order valence-electron chi connectivity index (χ2n) is 3.98. The van der Waals surface area contributed by atoms with Crippen LogP contribution in [-0.2, 0) is 9.53 Å². The van der Waals surface area contributed by atoms with Crippen molar-refractivity contribution in [2.24, 2.45) is 0 Å². The first-order valence-electron chi connectivity index (χ1n) is 5.83. The van der Waals surface area contributed by atoms with Crippen LogP contribution in [-0.4, -0.2) is 41.4 Å². The van der Waals surface area contributed by atoms with E-state index in [-0.39, 0.29) is 12.7 Å². The van der Waals surface area contributed by atoms with Crippen molar-refractivity contribution >= 4 is 5.78 Å². The van der Waals surface area contributed by atoms with Crippen LogP contribution < -0.4 is 0 Å². The number of hydrogen-bond donors (Lipinski definition) is 2. The molecule has 2 unspecified atom stereocenters. The van der Waals surface area contributed by atoms with Crippen molar-refractivity contribution in [2.45, 2.75) is 59.2 Å². The predicted octanol–water partition coefficient (Wildman–Crippen LogP) is 1.53. The van der Waals surface area contributed by atoms with E-state index in [1.165, 1.54) is 0 Å². The number of Topliss-reactive ketones (excluding diaryl/α,β-unsaturated/α-hetero) is 1. The maximum Gasteiger partial charge on any atom is 0.129 e. The van der Waals surface area contributed by atoms with E-state index >= 15 is 0 Å². The summed E-state index contributed by atoms with van der Waals surface area (Å²) < 4.78 is 4.95. The molecule has 4 nitrogen and oxygen atoms in total. The van der Waals surface area contributed by atoms with E-state index in [2.05, 4.69) is 6.92 Å². The molecule has 0 aliphatic rings. The van der Waals surface area contributed by atoms with Gasteiger partial charge in [-0.05, 0) is 27.2 Å². The molecule has 0 aromatic carbocycles. The summed E-state index contributed by atoms with van der Waals surface area (Å²) in [5.41, 5.74) is 0. The highest BCUT2D eigenvalue weighted by Crippen LogP contribution is 1.92. The standard InChI is InChI=1S/C6H14O3.C6H12O/c1-5(8)4-9-6(2)3-7;1-3-4-5-6(2)7/h5-8H,3-4H2,1-2H3;3-5H2,1-2H3. The summed E-state index contributed by atoms with van der Waals surface area (Å²) in [5.74, 6) is 0.307. The number of ether oxygens (including phenoxy) is 1. The van der Waals surface area contributed by atoms with Crippen molar-refractivity contribution in [3.63, 3.8) is 0 Å². The molecule has 0 amide bonds. The van der Waals surface area contributed by atoms with Crippen molar-refractivity contribution in [3.05, 3.63) is 0 Å². The summed E-state index contributed by atoms with van der Waals surface area (Å²) in [6.45, 7) is 7.42. The van der Waals surface area contributed by atoms with Crippen molar-refractivity contribution in [3.8, 4) is 0 Å². The molecular formula is C12H26O4. The van der Waals surface area contributed by atoms with Gasteiger partial charge in [0.25, 0.3) is 0 Å². The third-order valence-corrected chi connectivity index (χ3v) is 1.76. The molecule has 2 atom stereocenters.